The predicted molar refractivity (Wildman–Crippen MR) is 225 cm³/mol. The number of carbonyl (C=O) groups excluding carboxylic acids is 1. The number of ketones is 1. The fourth-order valence-electron chi connectivity index (χ4n) is 6.14. The second-order valence-corrected chi connectivity index (χ2v) is 18.1. The normalized spacial score (nSPS) is 14.7. The van der Waals surface area contributed by atoms with E-state index in [2.05, 4.69) is 116 Å². The van der Waals surface area contributed by atoms with Gasteiger partial charge in [0.25, 0.3) is 0 Å². The Morgan fingerprint density at radius 1 is 0.673 bits per heavy atom. The first-order chi connectivity index (χ1) is 25.1. The van der Waals surface area contributed by atoms with Gasteiger partial charge in [0.05, 0.1) is 16.7 Å². The van der Waals surface area contributed by atoms with Crippen LogP contribution in [0.3, 0.4) is 0 Å². The number of nitrogens with zero attached hydrogens (tertiary/aromatic N) is 4. The van der Waals surface area contributed by atoms with Gasteiger partial charge in [-0.25, -0.2) is 0 Å². The Labute approximate surface area is 340 Å². The minimum absolute atomic E-state index is 0. The third-order valence-electron chi connectivity index (χ3n) is 9.49. The average Bonchev–Trinajstić information content (AvgIpc) is 3.09. The SMILES string of the molecule is CC(C)(C)C1=C/C(=C/[N-]c2cccc3cccnc23)C(=O)C(C(C)(C)C)=C1.CC(C)(C)c1cc(C=Nc2cccc3cccnc23)c([O-])c(C(C)(C)C)c1.[Zn+2]. The zero-order valence-corrected chi connectivity index (χ0v) is 37.7. The molecule has 7 heteroatoms. The van der Waals surface area contributed by atoms with Crippen LogP contribution in [0.15, 0.2) is 125 Å². The molecule has 0 radical (unpaired) electrons. The zero-order chi connectivity index (χ0) is 39.6. The van der Waals surface area contributed by atoms with Crippen LogP contribution in [0, 0.1) is 10.8 Å². The molecule has 0 aliphatic heterocycles. The summed E-state index contributed by atoms with van der Waals surface area (Å²) in [5.41, 5.74) is 7.88. The van der Waals surface area contributed by atoms with Crippen molar-refractivity contribution < 1.29 is 29.4 Å². The van der Waals surface area contributed by atoms with Gasteiger partial charge in [0.15, 0.2) is 5.78 Å². The van der Waals surface area contributed by atoms with Crippen LogP contribution in [0.25, 0.3) is 27.1 Å². The number of para-hydroxylation sites is 2. The molecule has 0 N–H and O–H groups in total. The Bertz CT molecular complexity index is 2310. The molecule has 6 nitrogen and oxygen atoms in total. The number of benzene rings is 3. The largest absolute Gasteiger partial charge is 2.00 e. The third-order valence-corrected chi connectivity index (χ3v) is 9.49. The maximum Gasteiger partial charge on any atom is 2.00 e. The molecule has 5 aromatic rings. The van der Waals surface area contributed by atoms with Gasteiger partial charge in [0.1, 0.15) is 0 Å². The van der Waals surface area contributed by atoms with E-state index >= 15 is 0 Å². The molecule has 55 heavy (non-hydrogen) atoms. The third kappa shape index (κ3) is 10.3. The molecule has 0 spiro atoms. The van der Waals surface area contributed by atoms with E-state index in [4.69, 9.17) is 0 Å². The number of fused-ring (bicyclic) bond motifs is 2. The fourth-order valence-corrected chi connectivity index (χ4v) is 6.14. The molecule has 0 amide bonds. The second kappa shape index (κ2) is 16.6. The number of pyridine rings is 2. The van der Waals surface area contributed by atoms with Gasteiger partial charge < -0.3 is 10.4 Å². The standard InChI is InChI=1S/2C24H28N2O.Zn/c2*1-23(2,3)18-13-17(22(27)19(14-18)24(4,5)6)15-26-20-11-7-9-16-10-8-12-25-21(16)20;/h7-15H,1-6H3,(H,26,27);7-15,27H,1-6H3;/q;;+2/p-2. The van der Waals surface area contributed by atoms with E-state index in [9.17, 15) is 9.90 Å². The molecule has 0 bridgehead atoms. The Kier molecular flexibility index (Phi) is 12.9. The van der Waals surface area contributed by atoms with E-state index in [1.165, 1.54) is 0 Å². The molecule has 0 saturated heterocycles. The Morgan fingerprint density at radius 3 is 1.84 bits per heavy atom. The van der Waals surface area contributed by atoms with E-state index < -0.39 is 0 Å². The van der Waals surface area contributed by atoms with Gasteiger partial charge in [0.2, 0.25) is 0 Å². The van der Waals surface area contributed by atoms with Crippen molar-refractivity contribution in [3.63, 3.8) is 0 Å². The Hall–Kier alpha value is -4.74. The average molecular weight is 784 g/mol. The van der Waals surface area contributed by atoms with Crippen LogP contribution in [0.2, 0.25) is 0 Å². The number of Topliss-reactive ketones (excluding diaryl/α,β-unsaturated/α-hetero) is 1. The van der Waals surface area contributed by atoms with Crippen molar-refractivity contribution in [2.24, 2.45) is 15.8 Å². The van der Waals surface area contributed by atoms with Gasteiger partial charge in [-0.2, -0.15) is 6.20 Å². The second-order valence-electron chi connectivity index (χ2n) is 18.1. The van der Waals surface area contributed by atoms with Crippen LogP contribution in [-0.2, 0) is 35.1 Å². The van der Waals surface area contributed by atoms with Crippen molar-refractivity contribution in [3.05, 3.63) is 142 Å². The van der Waals surface area contributed by atoms with Crippen LogP contribution < -0.4 is 5.11 Å². The molecule has 3 aromatic carbocycles. The van der Waals surface area contributed by atoms with E-state index in [-0.39, 0.29) is 52.7 Å². The molecule has 1 aliphatic rings. The van der Waals surface area contributed by atoms with Crippen molar-refractivity contribution in [3.8, 4) is 5.75 Å². The molecular formula is C48H54N4O2Zn. The molecule has 6 rings (SSSR count). The number of rotatable bonds is 4. The number of hydrogen-bond donors (Lipinski definition) is 0. The number of hydrogen-bond acceptors (Lipinski definition) is 5. The summed E-state index contributed by atoms with van der Waals surface area (Å²) in [5.74, 6) is 0.0971. The molecule has 2 heterocycles. The first-order valence-electron chi connectivity index (χ1n) is 18.6. The quantitative estimate of drug-likeness (QED) is 0.103. The topological polar surface area (TPSA) is 92.4 Å². The minimum Gasteiger partial charge on any atom is -0.872 e. The zero-order valence-electron chi connectivity index (χ0n) is 34.7. The first-order valence-corrected chi connectivity index (χ1v) is 18.6. The Morgan fingerprint density at radius 2 is 1.25 bits per heavy atom. The van der Waals surface area contributed by atoms with Gasteiger partial charge in [-0.15, -0.1) is 5.69 Å². The first kappa shape index (κ1) is 43.0. The summed E-state index contributed by atoms with van der Waals surface area (Å²) in [5, 5.41) is 19.8. The van der Waals surface area contributed by atoms with E-state index in [0.29, 0.717) is 11.1 Å². The van der Waals surface area contributed by atoms with Gasteiger partial charge in [0, 0.05) is 35.1 Å². The number of allylic oxidation sites excluding steroid dienone is 5. The van der Waals surface area contributed by atoms with E-state index in [0.717, 1.165) is 55.5 Å². The fraction of sp³-hybridized carbons (Fsp3) is 0.333. The summed E-state index contributed by atoms with van der Waals surface area (Å²) in [4.78, 5) is 26.6. The van der Waals surface area contributed by atoms with Crippen molar-refractivity contribution in [1.29, 1.82) is 0 Å². The van der Waals surface area contributed by atoms with Gasteiger partial charge in [-0.3, -0.25) is 19.8 Å². The van der Waals surface area contributed by atoms with Crippen LogP contribution in [-0.4, -0.2) is 22.0 Å². The smallest absolute Gasteiger partial charge is 0.872 e. The number of aromatic nitrogens is 2. The molecule has 0 atom stereocenters. The molecule has 0 unspecified atom stereocenters. The van der Waals surface area contributed by atoms with Crippen LogP contribution >= 0.6 is 0 Å². The van der Waals surface area contributed by atoms with Crippen LogP contribution in [0.5, 0.6) is 5.75 Å². The van der Waals surface area contributed by atoms with Crippen molar-refractivity contribution >= 4 is 45.2 Å². The summed E-state index contributed by atoms with van der Waals surface area (Å²) in [6.07, 6.45) is 10.9. The van der Waals surface area contributed by atoms with Crippen molar-refractivity contribution in [1.82, 2.24) is 9.97 Å². The maximum atomic E-state index is 13.1. The predicted octanol–water partition coefficient (Wildman–Crippen LogP) is 12.3. The minimum atomic E-state index is -0.220. The van der Waals surface area contributed by atoms with E-state index in [1.54, 1.807) is 24.8 Å². The van der Waals surface area contributed by atoms with E-state index in [1.807, 2.05) is 72.8 Å². The molecule has 280 valence electrons. The summed E-state index contributed by atoms with van der Waals surface area (Å²) in [7, 11) is 0. The summed E-state index contributed by atoms with van der Waals surface area (Å²) in [6.45, 7) is 25.4. The number of carbonyl (C=O) groups is 1. The van der Waals surface area contributed by atoms with Crippen molar-refractivity contribution in [2.45, 2.75) is 93.9 Å². The van der Waals surface area contributed by atoms with Crippen molar-refractivity contribution in [2.75, 3.05) is 0 Å². The van der Waals surface area contributed by atoms with Gasteiger partial charge in [-0.05, 0) is 73.6 Å². The maximum absolute atomic E-state index is 13.1. The summed E-state index contributed by atoms with van der Waals surface area (Å²) in [6, 6.07) is 23.7. The summed E-state index contributed by atoms with van der Waals surface area (Å²) < 4.78 is 0. The van der Waals surface area contributed by atoms with Crippen LogP contribution in [0.4, 0.5) is 11.4 Å². The van der Waals surface area contributed by atoms with Gasteiger partial charge >= 0.3 is 19.5 Å². The van der Waals surface area contributed by atoms with Crippen LogP contribution in [0.1, 0.15) is 99.8 Å². The molecular weight excluding hydrogens is 730 g/mol. The number of aliphatic imine (C=N–C) groups is 1. The van der Waals surface area contributed by atoms with Gasteiger partial charge in [-0.1, -0.05) is 150 Å². The Balaban J connectivity index is 0.000000240. The molecule has 1 aliphatic carbocycles. The molecule has 0 saturated carbocycles. The molecule has 2 aromatic heterocycles. The summed E-state index contributed by atoms with van der Waals surface area (Å²) >= 11 is 0. The monoisotopic (exact) mass is 782 g/mol. The molecule has 0 fully saturated rings.